The molecule has 1 aromatic carbocycles. The van der Waals surface area contributed by atoms with E-state index in [9.17, 15) is 4.79 Å². The first-order valence-electron chi connectivity index (χ1n) is 6.39. The van der Waals surface area contributed by atoms with Gasteiger partial charge < -0.3 is 19.8 Å². The van der Waals surface area contributed by atoms with Gasteiger partial charge in [-0.15, -0.1) is 0 Å². The summed E-state index contributed by atoms with van der Waals surface area (Å²) in [4.78, 5) is 13.8. The van der Waals surface area contributed by atoms with Crippen molar-refractivity contribution in [3.05, 3.63) is 34.3 Å². The van der Waals surface area contributed by atoms with Crippen LogP contribution in [0.5, 0.6) is 0 Å². The van der Waals surface area contributed by atoms with Crippen molar-refractivity contribution in [2.75, 3.05) is 26.8 Å². The standard InChI is InChI=1S/C13H17N3O3/c1-14-12(10-7-18-5-4-15-10)8-2-3-9-11(6-8)19-13(17)16-9/h2-3,6,10,12,14-15H,4-5,7H2,1H3,(H,16,17). The number of rotatable bonds is 3. The number of nitrogens with one attached hydrogen (secondary N) is 3. The van der Waals surface area contributed by atoms with Crippen molar-refractivity contribution in [2.24, 2.45) is 0 Å². The van der Waals surface area contributed by atoms with Crippen LogP contribution in [0, 0.1) is 0 Å². The summed E-state index contributed by atoms with van der Waals surface area (Å²) in [5.74, 6) is -0.424. The monoisotopic (exact) mass is 263 g/mol. The van der Waals surface area contributed by atoms with Crippen LogP contribution in [-0.4, -0.2) is 37.8 Å². The summed E-state index contributed by atoms with van der Waals surface area (Å²) >= 11 is 0. The first-order chi connectivity index (χ1) is 9.28. The molecule has 0 spiro atoms. The van der Waals surface area contributed by atoms with Crippen LogP contribution in [0.4, 0.5) is 0 Å². The van der Waals surface area contributed by atoms with Crippen molar-refractivity contribution in [3.63, 3.8) is 0 Å². The van der Waals surface area contributed by atoms with E-state index in [-0.39, 0.29) is 12.1 Å². The third-order valence-electron chi connectivity index (χ3n) is 3.47. The predicted molar refractivity (Wildman–Crippen MR) is 71.2 cm³/mol. The smallest absolute Gasteiger partial charge is 0.408 e. The van der Waals surface area contributed by atoms with E-state index in [0.29, 0.717) is 12.2 Å². The second-order valence-electron chi connectivity index (χ2n) is 4.67. The Balaban J connectivity index is 1.93. The van der Waals surface area contributed by atoms with E-state index in [0.717, 1.165) is 24.2 Å². The molecule has 2 heterocycles. The minimum absolute atomic E-state index is 0.116. The van der Waals surface area contributed by atoms with Crippen molar-refractivity contribution in [3.8, 4) is 0 Å². The molecule has 6 heteroatoms. The number of likely N-dealkylation sites (N-methyl/N-ethyl adjacent to an activating group) is 1. The Morgan fingerprint density at radius 3 is 3.11 bits per heavy atom. The van der Waals surface area contributed by atoms with Crippen LogP contribution in [-0.2, 0) is 4.74 Å². The zero-order chi connectivity index (χ0) is 13.2. The van der Waals surface area contributed by atoms with Crippen LogP contribution >= 0.6 is 0 Å². The maximum absolute atomic E-state index is 11.2. The number of oxazole rings is 1. The molecular formula is C13H17N3O3. The first-order valence-corrected chi connectivity index (χ1v) is 6.39. The van der Waals surface area contributed by atoms with Gasteiger partial charge in [0.2, 0.25) is 0 Å². The molecular weight excluding hydrogens is 246 g/mol. The van der Waals surface area contributed by atoms with E-state index in [1.54, 1.807) is 0 Å². The van der Waals surface area contributed by atoms with Crippen molar-refractivity contribution in [1.29, 1.82) is 0 Å². The van der Waals surface area contributed by atoms with E-state index in [4.69, 9.17) is 9.15 Å². The van der Waals surface area contributed by atoms with Gasteiger partial charge in [-0.3, -0.25) is 4.98 Å². The van der Waals surface area contributed by atoms with Gasteiger partial charge in [0.05, 0.1) is 24.8 Å². The van der Waals surface area contributed by atoms with Gasteiger partial charge in [0.1, 0.15) is 0 Å². The Morgan fingerprint density at radius 1 is 1.47 bits per heavy atom. The van der Waals surface area contributed by atoms with Crippen molar-refractivity contribution >= 4 is 11.1 Å². The summed E-state index contributed by atoms with van der Waals surface area (Å²) in [7, 11) is 1.92. The number of ether oxygens (including phenoxy) is 1. The lowest BCUT2D eigenvalue weighted by Gasteiger charge is -2.31. The molecule has 1 aliphatic heterocycles. The Morgan fingerprint density at radius 2 is 2.37 bits per heavy atom. The lowest BCUT2D eigenvalue weighted by Crippen LogP contribution is -2.48. The molecule has 0 radical (unpaired) electrons. The summed E-state index contributed by atoms with van der Waals surface area (Å²) in [5.41, 5.74) is 2.37. The van der Waals surface area contributed by atoms with Crippen LogP contribution in [0.25, 0.3) is 11.1 Å². The molecule has 3 N–H and O–H groups in total. The van der Waals surface area contributed by atoms with Crippen molar-refractivity contribution in [2.45, 2.75) is 12.1 Å². The highest BCUT2D eigenvalue weighted by Gasteiger charge is 2.24. The SMILES string of the molecule is CNC(c1ccc2[nH]c(=O)oc2c1)C1COCCN1. The first kappa shape index (κ1) is 12.4. The summed E-state index contributed by atoms with van der Waals surface area (Å²) < 4.78 is 10.6. The highest BCUT2D eigenvalue weighted by molar-refractivity contribution is 5.72. The molecule has 3 rings (SSSR count). The molecule has 1 aromatic heterocycles. The van der Waals surface area contributed by atoms with Crippen LogP contribution in [0.15, 0.2) is 27.4 Å². The fourth-order valence-electron chi connectivity index (χ4n) is 2.56. The Kier molecular flexibility index (Phi) is 3.37. The second-order valence-corrected chi connectivity index (χ2v) is 4.67. The number of hydrogen-bond acceptors (Lipinski definition) is 5. The zero-order valence-electron chi connectivity index (χ0n) is 10.7. The third kappa shape index (κ3) is 2.42. The summed E-state index contributed by atoms with van der Waals surface area (Å²) in [5, 5.41) is 6.72. The fourth-order valence-corrected chi connectivity index (χ4v) is 2.56. The number of H-pyrrole nitrogens is 1. The van der Waals surface area contributed by atoms with E-state index < -0.39 is 5.76 Å². The molecule has 0 saturated carbocycles. The zero-order valence-corrected chi connectivity index (χ0v) is 10.7. The maximum atomic E-state index is 11.2. The van der Waals surface area contributed by atoms with Gasteiger partial charge in [0.25, 0.3) is 0 Å². The van der Waals surface area contributed by atoms with E-state index in [1.807, 2.05) is 25.2 Å². The molecule has 19 heavy (non-hydrogen) atoms. The lowest BCUT2D eigenvalue weighted by atomic mass is 9.99. The number of aromatic nitrogens is 1. The van der Waals surface area contributed by atoms with Gasteiger partial charge in [-0.1, -0.05) is 6.07 Å². The van der Waals surface area contributed by atoms with Crippen LogP contribution in [0.1, 0.15) is 11.6 Å². The highest BCUT2D eigenvalue weighted by atomic mass is 16.5. The number of morpholine rings is 1. The number of aromatic amines is 1. The Labute approximate surface area is 110 Å². The van der Waals surface area contributed by atoms with Crippen LogP contribution in [0.3, 0.4) is 0 Å². The van der Waals surface area contributed by atoms with Crippen LogP contribution < -0.4 is 16.4 Å². The number of benzene rings is 1. The summed E-state index contributed by atoms with van der Waals surface area (Å²) in [6.45, 7) is 2.27. The third-order valence-corrected chi connectivity index (χ3v) is 3.47. The number of fused-ring (bicyclic) bond motifs is 1. The Bertz CT molecular complexity index is 613. The summed E-state index contributed by atoms with van der Waals surface area (Å²) in [6.07, 6.45) is 0. The summed E-state index contributed by atoms with van der Waals surface area (Å²) in [6, 6.07) is 6.08. The molecule has 6 nitrogen and oxygen atoms in total. The molecule has 1 saturated heterocycles. The largest absolute Gasteiger partial charge is 0.417 e. The van der Waals surface area contributed by atoms with Crippen molar-refractivity contribution < 1.29 is 9.15 Å². The second kappa shape index (κ2) is 5.16. The molecule has 102 valence electrons. The van der Waals surface area contributed by atoms with Gasteiger partial charge in [-0.2, -0.15) is 0 Å². The molecule has 2 aromatic rings. The van der Waals surface area contributed by atoms with Gasteiger partial charge in [-0.05, 0) is 24.7 Å². The van der Waals surface area contributed by atoms with Crippen LogP contribution in [0.2, 0.25) is 0 Å². The van der Waals surface area contributed by atoms with Gasteiger partial charge >= 0.3 is 5.76 Å². The molecule has 0 amide bonds. The molecule has 0 bridgehead atoms. The lowest BCUT2D eigenvalue weighted by molar-refractivity contribution is 0.0645. The van der Waals surface area contributed by atoms with Gasteiger partial charge in [0.15, 0.2) is 5.58 Å². The Hall–Kier alpha value is -1.63. The normalized spacial score (nSPS) is 21.6. The highest BCUT2D eigenvalue weighted by Crippen LogP contribution is 2.22. The quantitative estimate of drug-likeness (QED) is 0.745. The van der Waals surface area contributed by atoms with Gasteiger partial charge in [0, 0.05) is 12.6 Å². The molecule has 0 aliphatic carbocycles. The minimum Gasteiger partial charge on any atom is -0.408 e. The molecule has 1 fully saturated rings. The fraction of sp³-hybridized carbons (Fsp3) is 0.462. The number of hydrogen-bond donors (Lipinski definition) is 3. The predicted octanol–water partition coefficient (Wildman–Crippen LogP) is 0.370. The van der Waals surface area contributed by atoms with E-state index in [2.05, 4.69) is 15.6 Å². The molecule has 2 unspecified atom stereocenters. The minimum atomic E-state index is -0.424. The van der Waals surface area contributed by atoms with Gasteiger partial charge in [-0.25, -0.2) is 4.79 Å². The van der Waals surface area contributed by atoms with E-state index in [1.165, 1.54) is 0 Å². The molecule has 1 aliphatic rings. The van der Waals surface area contributed by atoms with E-state index >= 15 is 0 Å². The molecule has 2 atom stereocenters. The topological polar surface area (TPSA) is 79.3 Å². The average molecular weight is 263 g/mol. The van der Waals surface area contributed by atoms with Crippen molar-refractivity contribution in [1.82, 2.24) is 15.6 Å². The average Bonchev–Trinajstić information content (AvgIpc) is 2.80. The maximum Gasteiger partial charge on any atom is 0.417 e.